The summed E-state index contributed by atoms with van der Waals surface area (Å²) in [4.78, 5) is 59.6. The average Bonchev–Trinajstić information content (AvgIpc) is 3.10. The Labute approximate surface area is 203 Å². The van der Waals surface area contributed by atoms with Crippen LogP contribution in [-0.2, 0) is 27.4 Å². The van der Waals surface area contributed by atoms with Crippen LogP contribution in [0.1, 0.15) is 18.1 Å². The van der Waals surface area contributed by atoms with Crippen LogP contribution in [0.2, 0.25) is 0 Å². The van der Waals surface area contributed by atoms with Crippen molar-refractivity contribution in [3.8, 4) is 0 Å². The molecule has 4 rings (SSSR count). The van der Waals surface area contributed by atoms with E-state index in [4.69, 9.17) is 4.74 Å². The maximum Gasteiger partial charge on any atom is 0.408 e. The van der Waals surface area contributed by atoms with Crippen molar-refractivity contribution in [3.05, 3.63) is 91.2 Å². The minimum Gasteiger partial charge on any atom is -0.477 e. The van der Waals surface area contributed by atoms with Crippen LogP contribution in [0.4, 0.5) is 16.2 Å². The molecule has 1 fully saturated rings. The van der Waals surface area contributed by atoms with Gasteiger partial charge in [0.05, 0.1) is 21.5 Å². The fourth-order valence-electron chi connectivity index (χ4n) is 4.72. The summed E-state index contributed by atoms with van der Waals surface area (Å²) < 4.78 is 5.08. The summed E-state index contributed by atoms with van der Waals surface area (Å²) in [5.74, 6) is -2.60. The topological polar surface area (TPSA) is 182 Å². The van der Waals surface area contributed by atoms with Crippen molar-refractivity contribution in [2.75, 3.05) is 0 Å². The summed E-state index contributed by atoms with van der Waals surface area (Å²) in [5.41, 5.74) is 0.272. The van der Waals surface area contributed by atoms with Crippen molar-refractivity contribution in [1.29, 1.82) is 0 Å². The number of carbonyl (C=O) groups is 3. The quantitative estimate of drug-likeness (QED) is 0.315. The third-order valence-electron chi connectivity index (χ3n) is 6.38. The molecular weight excluding hydrogens is 476 g/mol. The number of β-lactam (4-membered cyclic amide) rings is 1. The van der Waals surface area contributed by atoms with Gasteiger partial charge in [0.1, 0.15) is 18.3 Å². The molecule has 2 amide bonds. The Kier molecular flexibility index (Phi) is 6.38. The number of ether oxygens (including phenoxy) is 1. The smallest absolute Gasteiger partial charge is 0.408 e. The minimum atomic E-state index is -1.33. The van der Waals surface area contributed by atoms with Gasteiger partial charge in [-0.15, -0.1) is 0 Å². The number of aliphatic carboxylic acids is 1. The number of nitro benzene ring substituents is 2. The molecule has 186 valence electrons. The number of hydrogen-bond acceptors (Lipinski definition) is 8. The number of amides is 2. The number of nitrogens with zero attached hydrogens (tertiary/aromatic N) is 3. The Morgan fingerprint density at radius 3 is 2.17 bits per heavy atom. The van der Waals surface area contributed by atoms with Crippen LogP contribution in [0.5, 0.6) is 0 Å². The minimum absolute atomic E-state index is 0.0671. The van der Waals surface area contributed by atoms with E-state index in [-0.39, 0.29) is 29.1 Å². The van der Waals surface area contributed by atoms with Crippen molar-refractivity contribution >= 4 is 29.3 Å². The van der Waals surface area contributed by atoms with Gasteiger partial charge in [-0.05, 0) is 25.0 Å². The van der Waals surface area contributed by atoms with Crippen molar-refractivity contribution < 1.29 is 34.1 Å². The highest BCUT2D eigenvalue weighted by Gasteiger charge is 2.59. The zero-order valence-corrected chi connectivity index (χ0v) is 18.8. The molecule has 0 saturated carbocycles. The molecule has 0 aromatic heterocycles. The summed E-state index contributed by atoms with van der Waals surface area (Å²) in [7, 11) is 0. The SMILES string of the molecule is CC1=C(C(=O)O)N2C(=O)C(NC(=O)OCc3ccccc3[N+](=O)[O-])[C@H]2C1Cc1ccccc1[N+](=O)[O-]. The monoisotopic (exact) mass is 496 g/mol. The Hall–Kier alpha value is -4.81. The summed E-state index contributed by atoms with van der Waals surface area (Å²) in [6.07, 6.45) is -0.950. The number of alkyl carbamates (subject to hydrolysis) is 1. The van der Waals surface area contributed by atoms with E-state index in [9.17, 15) is 39.7 Å². The number of benzene rings is 2. The second-order valence-corrected chi connectivity index (χ2v) is 8.32. The van der Waals surface area contributed by atoms with Gasteiger partial charge in [0.15, 0.2) is 0 Å². The Balaban J connectivity index is 1.53. The highest BCUT2D eigenvalue weighted by molar-refractivity contribution is 6.02. The van der Waals surface area contributed by atoms with E-state index in [1.54, 1.807) is 25.1 Å². The van der Waals surface area contributed by atoms with Gasteiger partial charge in [0.2, 0.25) is 0 Å². The zero-order chi connectivity index (χ0) is 26.1. The lowest BCUT2D eigenvalue weighted by atomic mass is 9.81. The highest BCUT2D eigenvalue weighted by Crippen LogP contribution is 2.45. The Morgan fingerprint density at radius 1 is 1.03 bits per heavy atom. The first-order chi connectivity index (χ1) is 17.1. The number of nitrogens with one attached hydrogen (secondary N) is 1. The van der Waals surface area contributed by atoms with Crippen LogP contribution in [0.25, 0.3) is 0 Å². The fraction of sp³-hybridized carbons (Fsp3) is 0.261. The first kappa shape index (κ1) is 24.3. The van der Waals surface area contributed by atoms with Crippen LogP contribution in [0, 0.1) is 26.1 Å². The van der Waals surface area contributed by atoms with Crippen LogP contribution in [-0.4, -0.2) is 49.9 Å². The Morgan fingerprint density at radius 2 is 1.58 bits per heavy atom. The lowest BCUT2D eigenvalue weighted by Gasteiger charge is -2.45. The summed E-state index contributed by atoms with van der Waals surface area (Å²) >= 11 is 0. The van der Waals surface area contributed by atoms with Crippen LogP contribution in [0.15, 0.2) is 59.8 Å². The maximum absolute atomic E-state index is 12.8. The first-order valence-electron chi connectivity index (χ1n) is 10.8. The molecule has 13 nitrogen and oxygen atoms in total. The largest absolute Gasteiger partial charge is 0.477 e. The van der Waals surface area contributed by atoms with Gasteiger partial charge in [-0.25, -0.2) is 9.59 Å². The van der Waals surface area contributed by atoms with E-state index in [1.807, 2.05) is 0 Å². The van der Waals surface area contributed by atoms with Gasteiger partial charge in [-0.3, -0.25) is 29.9 Å². The molecule has 0 bridgehead atoms. The lowest BCUT2D eigenvalue weighted by molar-refractivity contribution is -0.385. The van der Waals surface area contributed by atoms with E-state index in [0.717, 1.165) is 4.90 Å². The molecule has 2 aromatic carbocycles. The van der Waals surface area contributed by atoms with E-state index in [2.05, 4.69) is 5.32 Å². The predicted molar refractivity (Wildman–Crippen MR) is 121 cm³/mol. The molecule has 2 aromatic rings. The van der Waals surface area contributed by atoms with Crippen molar-refractivity contribution in [1.82, 2.24) is 10.2 Å². The van der Waals surface area contributed by atoms with E-state index >= 15 is 0 Å². The van der Waals surface area contributed by atoms with Gasteiger partial charge in [0.25, 0.3) is 17.3 Å². The van der Waals surface area contributed by atoms with Crippen LogP contribution >= 0.6 is 0 Å². The molecule has 3 atom stereocenters. The third kappa shape index (κ3) is 4.21. The molecule has 0 spiro atoms. The Bertz CT molecular complexity index is 1320. The number of carboxylic acids is 1. The molecule has 2 unspecified atom stereocenters. The van der Waals surface area contributed by atoms with E-state index < -0.39 is 52.4 Å². The normalized spacial score (nSPS) is 20.4. The van der Waals surface area contributed by atoms with Crippen molar-refractivity contribution in [3.63, 3.8) is 0 Å². The van der Waals surface area contributed by atoms with Crippen molar-refractivity contribution in [2.45, 2.75) is 32.0 Å². The number of fused-ring (bicyclic) bond motifs is 1. The van der Waals surface area contributed by atoms with Gasteiger partial charge in [-0.1, -0.05) is 30.3 Å². The number of hydrogen-bond donors (Lipinski definition) is 2. The zero-order valence-electron chi connectivity index (χ0n) is 18.8. The van der Waals surface area contributed by atoms with E-state index in [0.29, 0.717) is 11.1 Å². The number of para-hydroxylation sites is 2. The number of rotatable bonds is 8. The molecule has 13 heteroatoms. The average molecular weight is 496 g/mol. The molecule has 36 heavy (non-hydrogen) atoms. The third-order valence-corrected chi connectivity index (χ3v) is 6.38. The standard InChI is InChI=1S/C23H20N4O9/c1-12-15(10-13-6-2-4-8-16(13)26(32)33)20-18(21(28)25(20)19(12)22(29)30)24-23(31)36-11-14-7-3-5-9-17(14)27(34)35/h2-9,15,18,20H,10-11H2,1H3,(H,24,31)(H,29,30)/t15?,18?,20-/m1/s1. The summed E-state index contributed by atoms with van der Waals surface area (Å²) in [6.45, 7) is 1.12. The lowest BCUT2D eigenvalue weighted by Crippen LogP contribution is -2.70. The second-order valence-electron chi connectivity index (χ2n) is 8.32. The van der Waals surface area contributed by atoms with Gasteiger partial charge < -0.3 is 15.2 Å². The van der Waals surface area contributed by atoms with Crippen molar-refractivity contribution in [2.24, 2.45) is 5.92 Å². The molecule has 2 heterocycles. The van der Waals surface area contributed by atoms with Gasteiger partial charge in [-0.2, -0.15) is 0 Å². The van der Waals surface area contributed by atoms with E-state index in [1.165, 1.54) is 30.3 Å². The number of carboxylic acid groups (broad SMARTS) is 1. The van der Waals surface area contributed by atoms with Gasteiger partial charge >= 0.3 is 12.1 Å². The fourth-order valence-corrected chi connectivity index (χ4v) is 4.72. The summed E-state index contributed by atoms with van der Waals surface area (Å²) in [5, 5.41) is 34.7. The molecular formula is C23H20N4O9. The van der Waals surface area contributed by atoms with Gasteiger partial charge in [0, 0.05) is 23.6 Å². The number of carbonyl (C=O) groups excluding carboxylic acids is 2. The molecule has 0 aliphatic carbocycles. The van der Waals surface area contributed by atoms with Crippen LogP contribution < -0.4 is 5.32 Å². The summed E-state index contributed by atoms with van der Waals surface area (Å²) in [6, 6.07) is 9.79. The molecule has 2 aliphatic heterocycles. The second kappa shape index (κ2) is 9.44. The predicted octanol–water partition coefficient (Wildman–Crippen LogP) is 2.54. The molecule has 2 N–H and O–H groups in total. The molecule has 1 saturated heterocycles. The maximum atomic E-state index is 12.8. The number of nitro groups is 2. The molecule has 2 aliphatic rings. The first-order valence-corrected chi connectivity index (χ1v) is 10.8. The van der Waals surface area contributed by atoms with Crippen LogP contribution in [0.3, 0.4) is 0 Å². The highest BCUT2D eigenvalue weighted by atomic mass is 16.6. The molecule has 0 radical (unpaired) electrons.